The van der Waals surface area contributed by atoms with Crippen LogP contribution in [-0.2, 0) is 26.2 Å². The van der Waals surface area contributed by atoms with Crippen LogP contribution in [0.25, 0.3) is 21.9 Å². The summed E-state index contributed by atoms with van der Waals surface area (Å²) in [6, 6.07) is 23.4. The molecule has 0 spiro atoms. The van der Waals surface area contributed by atoms with Gasteiger partial charge in [0.15, 0.2) is 0 Å². The Balaban J connectivity index is 0.000000529. The van der Waals surface area contributed by atoms with Gasteiger partial charge in [0.2, 0.25) is 0 Å². The average Bonchev–Trinajstić information content (AvgIpc) is 3.21. The van der Waals surface area contributed by atoms with E-state index in [0.717, 1.165) is 6.42 Å². The molecule has 0 bridgehead atoms. The van der Waals surface area contributed by atoms with Crippen LogP contribution in [-0.4, -0.2) is 0 Å². The van der Waals surface area contributed by atoms with Gasteiger partial charge in [0.05, 0.1) is 0 Å². The SMILES string of the molecule is [C-]1=CC=CC1.[Cl-].[Cl-].[Zr+4].c1ccc(-c2cccc3[cH-]ccc23)cc1. The Hall–Kier alpha value is -1.01. The minimum Gasteiger partial charge on any atom is -1.00 e. The van der Waals surface area contributed by atoms with Gasteiger partial charge in [-0.2, -0.15) is 18.2 Å². The van der Waals surface area contributed by atoms with Gasteiger partial charge in [0, 0.05) is 0 Å². The molecular formula is C20H16Cl2Zr. The fourth-order valence-corrected chi connectivity index (χ4v) is 2.37. The summed E-state index contributed by atoms with van der Waals surface area (Å²) in [6.45, 7) is 0. The minimum atomic E-state index is 0. The van der Waals surface area contributed by atoms with E-state index in [0.29, 0.717) is 0 Å². The Labute approximate surface area is 169 Å². The largest absolute Gasteiger partial charge is 4.00 e. The van der Waals surface area contributed by atoms with Crippen molar-refractivity contribution >= 4 is 10.8 Å². The second-order valence-electron chi connectivity index (χ2n) is 4.70. The second kappa shape index (κ2) is 11.5. The predicted octanol–water partition coefficient (Wildman–Crippen LogP) is -0.463. The molecule has 0 saturated heterocycles. The van der Waals surface area contributed by atoms with Crippen LogP contribution < -0.4 is 24.8 Å². The van der Waals surface area contributed by atoms with E-state index in [1.165, 1.54) is 21.9 Å². The van der Waals surface area contributed by atoms with Crippen LogP contribution in [0.15, 0.2) is 85.0 Å². The van der Waals surface area contributed by atoms with E-state index in [-0.39, 0.29) is 51.0 Å². The first kappa shape index (κ1) is 22.0. The zero-order valence-corrected chi connectivity index (χ0v) is 16.5. The Kier molecular flexibility index (Phi) is 11.0. The molecule has 0 saturated carbocycles. The van der Waals surface area contributed by atoms with Gasteiger partial charge in [-0.05, 0) is 5.56 Å². The van der Waals surface area contributed by atoms with Crippen molar-refractivity contribution in [1.82, 2.24) is 0 Å². The molecule has 0 aliphatic heterocycles. The van der Waals surface area contributed by atoms with Crippen LogP contribution in [0, 0.1) is 6.08 Å². The number of rotatable bonds is 1. The van der Waals surface area contributed by atoms with Crippen LogP contribution in [0.2, 0.25) is 0 Å². The van der Waals surface area contributed by atoms with Crippen molar-refractivity contribution in [3.8, 4) is 11.1 Å². The molecule has 114 valence electrons. The van der Waals surface area contributed by atoms with Gasteiger partial charge in [-0.15, -0.1) is 35.4 Å². The average molecular weight is 418 g/mol. The smallest absolute Gasteiger partial charge is 1.00 e. The van der Waals surface area contributed by atoms with E-state index in [1.807, 2.05) is 12.2 Å². The third-order valence-electron chi connectivity index (χ3n) is 3.35. The van der Waals surface area contributed by atoms with Crippen LogP contribution in [0.4, 0.5) is 0 Å². The summed E-state index contributed by atoms with van der Waals surface area (Å²) in [5.41, 5.74) is 2.60. The summed E-state index contributed by atoms with van der Waals surface area (Å²) in [7, 11) is 0. The van der Waals surface area contributed by atoms with Gasteiger partial charge in [-0.25, -0.2) is 12.2 Å². The molecule has 23 heavy (non-hydrogen) atoms. The van der Waals surface area contributed by atoms with Gasteiger partial charge in [0.1, 0.15) is 0 Å². The standard InChI is InChI=1S/C15H11.C5H5.2ClH.Zr/c1-2-6-12(7-3-1)14-10-4-8-13-9-5-11-15(13)14;1-2-4-5-3-1;;;/h1-11H;1-3H,4H2;2*1H;/q2*-1;;;+4/p-2. The first-order chi connectivity index (χ1) is 9.95. The van der Waals surface area contributed by atoms with Crippen molar-refractivity contribution < 1.29 is 51.0 Å². The molecule has 1 aliphatic carbocycles. The third kappa shape index (κ3) is 5.85. The van der Waals surface area contributed by atoms with Crippen LogP contribution in [0.1, 0.15) is 6.42 Å². The summed E-state index contributed by atoms with van der Waals surface area (Å²) in [6.07, 6.45) is 10.0. The molecule has 0 nitrogen and oxygen atoms in total. The van der Waals surface area contributed by atoms with Crippen molar-refractivity contribution in [2.45, 2.75) is 6.42 Å². The van der Waals surface area contributed by atoms with Crippen LogP contribution in [0.5, 0.6) is 0 Å². The van der Waals surface area contributed by atoms with E-state index >= 15 is 0 Å². The Morgan fingerprint density at radius 2 is 1.65 bits per heavy atom. The van der Waals surface area contributed by atoms with Crippen molar-refractivity contribution in [2.75, 3.05) is 0 Å². The molecule has 0 aromatic heterocycles. The second-order valence-corrected chi connectivity index (χ2v) is 4.70. The number of halogens is 2. The molecule has 0 fully saturated rings. The normalized spacial score (nSPS) is 10.8. The molecule has 0 atom stereocenters. The predicted molar refractivity (Wildman–Crippen MR) is 86.5 cm³/mol. The quantitative estimate of drug-likeness (QED) is 0.469. The van der Waals surface area contributed by atoms with E-state index in [9.17, 15) is 0 Å². The maximum absolute atomic E-state index is 2.99. The number of hydrogen-bond donors (Lipinski definition) is 0. The fourth-order valence-electron chi connectivity index (χ4n) is 2.37. The number of allylic oxidation sites excluding steroid dienone is 4. The summed E-state index contributed by atoms with van der Waals surface area (Å²) in [4.78, 5) is 0. The molecule has 0 radical (unpaired) electrons. The van der Waals surface area contributed by atoms with E-state index in [1.54, 1.807) is 0 Å². The molecule has 1 aliphatic rings. The molecule has 0 heterocycles. The maximum atomic E-state index is 2.99. The zero-order chi connectivity index (χ0) is 13.6. The molecular weight excluding hydrogens is 402 g/mol. The first-order valence-corrected chi connectivity index (χ1v) is 6.87. The van der Waals surface area contributed by atoms with Crippen molar-refractivity contribution in [3.05, 3.63) is 91.0 Å². The first-order valence-electron chi connectivity index (χ1n) is 6.87. The molecule has 0 unspecified atom stereocenters. The summed E-state index contributed by atoms with van der Waals surface area (Å²) in [5, 5.41) is 2.65. The third-order valence-corrected chi connectivity index (χ3v) is 3.35. The van der Waals surface area contributed by atoms with Gasteiger partial charge < -0.3 is 24.8 Å². The van der Waals surface area contributed by atoms with Gasteiger partial charge in [0.25, 0.3) is 0 Å². The van der Waals surface area contributed by atoms with Gasteiger partial charge in [-0.1, -0.05) is 42.0 Å². The van der Waals surface area contributed by atoms with Crippen LogP contribution in [0.3, 0.4) is 0 Å². The molecule has 3 heteroatoms. The molecule has 3 aromatic rings. The van der Waals surface area contributed by atoms with Crippen molar-refractivity contribution in [2.24, 2.45) is 0 Å². The Bertz CT molecular complexity index is 732. The minimum absolute atomic E-state index is 0. The van der Waals surface area contributed by atoms with E-state index in [2.05, 4.69) is 78.9 Å². The van der Waals surface area contributed by atoms with Crippen LogP contribution >= 0.6 is 0 Å². The van der Waals surface area contributed by atoms with Crippen molar-refractivity contribution in [1.29, 1.82) is 0 Å². The molecule has 0 N–H and O–H groups in total. The van der Waals surface area contributed by atoms with E-state index < -0.39 is 0 Å². The number of hydrogen-bond acceptors (Lipinski definition) is 0. The molecule has 4 rings (SSSR count). The Morgan fingerprint density at radius 3 is 2.26 bits per heavy atom. The van der Waals surface area contributed by atoms with Crippen molar-refractivity contribution in [3.63, 3.8) is 0 Å². The number of fused-ring (bicyclic) bond motifs is 1. The zero-order valence-electron chi connectivity index (χ0n) is 12.5. The topological polar surface area (TPSA) is 0 Å². The molecule has 0 amide bonds. The van der Waals surface area contributed by atoms with Gasteiger partial charge >= 0.3 is 26.2 Å². The number of benzene rings is 2. The summed E-state index contributed by atoms with van der Waals surface area (Å²) in [5.74, 6) is 0. The summed E-state index contributed by atoms with van der Waals surface area (Å²) < 4.78 is 0. The van der Waals surface area contributed by atoms with E-state index in [4.69, 9.17) is 0 Å². The Morgan fingerprint density at radius 1 is 0.870 bits per heavy atom. The molecule has 3 aromatic carbocycles. The maximum Gasteiger partial charge on any atom is 4.00 e. The summed E-state index contributed by atoms with van der Waals surface area (Å²) >= 11 is 0. The fraction of sp³-hybridized carbons (Fsp3) is 0.0500. The monoisotopic (exact) mass is 416 g/mol. The van der Waals surface area contributed by atoms with Gasteiger partial charge in [-0.3, -0.25) is 6.08 Å².